The molecule has 0 atom stereocenters. The van der Waals surface area contributed by atoms with E-state index in [1.54, 1.807) is 0 Å². The average Bonchev–Trinajstić information content (AvgIpc) is 2.34. The lowest BCUT2D eigenvalue weighted by molar-refractivity contribution is -0.0465. The molecule has 0 saturated carbocycles. The largest absolute Gasteiger partial charge is 0.396 e. The van der Waals surface area contributed by atoms with Gasteiger partial charge in [-0.05, 0) is 19.3 Å². The summed E-state index contributed by atoms with van der Waals surface area (Å²) in [5.41, 5.74) is -0.667. The first kappa shape index (κ1) is 19.1. The minimum absolute atomic E-state index is 0.156. The molecule has 0 bridgehead atoms. The summed E-state index contributed by atoms with van der Waals surface area (Å²) in [7, 11) is 0. The zero-order valence-corrected chi connectivity index (χ0v) is 11.0. The molecule has 0 unspecified atom stereocenters. The van der Waals surface area contributed by atoms with Crippen molar-refractivity contribution in [3.8, 4) is 0 Å². The molecule has 0 spiro atoms. The van der Waals surface area contributed by atoms with Crippen LogP contribution in [0.1, 0.15) is 46.0 Å². The third-order valence-corrected chi connectivity index (χ3v) is 2.82. The molecule has 0 aliphatic heterocycles. The van der Waals surface area contributed by atoms with E-state index in [2.05, 4.69) is 6.92 Å². The third kappa shape index (κ3) is 10.7. The Morgan fingerprint density at radius 2 is 1.35 bits per heavy atom. The zero-order valence-electron chi connectivity index (χ0n) is 11.0. The van der Waals surface area contributed by atoms with Crippen LogP contribution in [0.4, 0.5) is 0 Å². The summed E-state index contributed by atoms with van der Waals surface area (Å²) >= 11 is 0. The van der Waals surface area contributed by atoms with Crippen LogP contribution >= 0.6 is 0 Å². The second-order valence-electron chi connectivity index (χ2n) is 4.30. The van der Waals surface area contributed by atoms with Crippen LogP contribution in [0, 0.1) is 5.41 Å². The van der Waals surface area contributed by atoms with Gasteiger partial charge in [0.1, 0.15) is 0 Å². The summed E-state index contributed by atoms with van der Waals surface area (Å²) in [6, 6.07) is 0. The Morgan fingerprint density at radius 3 is 1.53 bits per heavy atom. The first-order valence-electron chi connectivity index (χ1n) is 6.20. The van der Waals surface area contributed by atoms with Crippen LogP contribution in [0.15, 0.2) is 0 Å². The van der Waals surface area contributed by atoms with E-state index >= 15 is 0 Å². The number of unbranched alkanes of at least 4 members (excludes halogenated alkanes) is 2. The molecular weight excluding hydrogens is 224 g/mol. The standard InChI is InChI=1S/C6H14O3.C6H14O2/c1-2-6(3-7,4-8)5-9;1-2-3-4-5-6(7)8/h7-9H,2-5H2,1H3;6-8H,2-5H2,1H3. The highest BCUT2D eigenvalue weighted by Gasteiger charge is 2.24. The Labute approximate surface area is 104 Å². The molecule has 0 aromatic rings. The van der Waals surface area contributed by atoms with Crippen LogP contribution in [0.3, 0.4) is 0 Å². The predicted octanol–water partition coefficient (Wildman–Crippen LogP) is 0.237. The van der Waals surface area contributed by atoms with E-state index < -0.39 is 11.7 Å². The van der Waals surface area contributed by atoms with E-state index in [0.717, 1.165) is 19.3 Å². The van der Waals surface area contributed by atoms with Crippen molar-refractivity contribution in [3.05, 3.63) is 0 Å². The van der Waals surface area contributed by atoms with Crippen molar-refractivity contribution in [1.82, 2.24) is 0 Å². The molecule has 0 radical (unpaired) electrons. The van der Waals surface area contributed by atoms with Gasteiger partial charge in [0.25, 0.3) is 0 Å². The highest BCUT2D eigenvalue weighted by atomic mass is 16.5. The van der Waals surface area contributed by atoms with Gasteiger partial charge in [0.15, 0.2) is 6.29 Å². The van der Waals surface area contributed by atoms with Gasteiger partial charge in [-0.15, -0.1) is 0 Å². The van der Waals surface area contributed by atoms with E-state index in [4.69, 9.17) is 25.5 Å². The molecule has 0 aromatic heterocycles. The third-order valence-electron chi connectivity index (χ3n) is 2.82. The maximum Gasteiger partial charge on any atom is 0.151 e. The number of aliphatic hydroxyl groups excluding tert-OH is 4. The summed E-state index contributed by atoms with van der Waals surface area (Å²) in [4.78, 5) is 0. The van der Waals surface area contributed by atoms with Crippen molar-refractivity contribution in [3.63, 3.8) is 0 Å². The van der Waals surface area contributed by atoms with E-state index in [9.17, 15) is 0 Å². The first-order chi connectivity index (χ1) is 8.01. The van der Waals surface area contributed by atoms with Crippen LogP contribution in [-0.2, 0) is 0 Å². The molecule has 5 nitrogen and oxygen atoms in total. The van der Waals surface area contributed by atoms with Crippen molar-refractivity contribution < 1.29 is 25.5 Å². The van der Waals surface area contributed by atoms with E-state index in [1.807, 2.05) is 6.92 Å². The lowest BCUT2D eigenvalue weighted by Gasteiger charge is -2.24. The lowest BCUT2D eigenvalue weighted by atomic mass is 9.88. The van der Waals surface area contributed by atoms with E-state index in [-0.39, 0.29) is 19.8 Å². The highest BCUT2D eigenvalue weighted by molar-refractivity contribution is 4.74. The Hall–Kier alpha value is -0.200. The number of rotatable bonds is 8. The van der Waals surface area contributed by atoms with Crippen molar-refractivity contribution in [2.24, 2.45) is 5.41 Å². The Kier molecular flexibility index (Phi) is 13.8. The van der Waals surface area contributed by atoms with Gasteiger partial charge in [-0.2, -0.15) is 0 Å². The molecule has 106 valence electrons. The lowest BCUT2D eigenvalue weighted by Crippen LogP contribution is -2.32. The molecule has 5 heteroatoms. The molecule has 0 rings (SSSR count). The van der Waals surface area contributed by atoms with Gasteiger partial charge < -0.3 is 25.5 Å². The molecule has 5 N–H and O–H groups in total. The summed E-state index contributed by atoms with van der Waals surface area (Å²) in [5, 5.41) is 42.6. The maximum absolute atomic E-state index is 8.66. The van der Waals surface area contributed by atoms with Crippen LogP contribution in [-0.4, -0.2) is 51.6 Å². The smallest absolute Gasteiger partial charge is 0.151 e. The van der Waals surface area contributed by atoms with Gasteiger partial charge in [0.05, 0.1) is 19.8 Å². The van der Waals surface area contributed by atoms with Gasteiger partial charge in [-0.1, -0.05) is 26.7 Å². The van der Waals surface area contributed by atoms with Crippen molar-refractivity contribution >= 4 is 0 Å². The normalized spacial score (nSPS) is 11.3. The quantitative estimate of drug-likeness (QED) is 0.314. The molecule has 0 fully saturated rings. The fourth-order valence-electron chi connectivity index (χ4n) is 1.06. The van der Waals surface area contributed by atoms with Crippen molar-refractivity contribution in [2.75, 3.05) is 19.8 Å². The fourth-order valence-corrected chi connectivity index (χ4v) is 1.06. The Bertz CT molecular complexity index is 128. The molecule has 0 aliphatic carbocycles. The number of hydrogen-bond acceptors (Lipinski definition) is 5. The molecule has 0 aliphatic rings. The number of aliphatic hydroxyl groups is 5. The average molecular weight is 252 g/mol. The summed E-state index contributed by atoms with van der Waals surface area (Å²) in [5.74, 6) is 0. The number of hydrogen-bond donors (Lipinski definition) is 5. The predicted molar refractivity (Wildman–Crippen MR) is 66.3 cm³/mol. The molecule has 0 amide bonds. The molecule has 0 heterocycles. The van der Waals surface area contributed by atoms with Gasteiger partial charge >= 0.3 is 0 Å². The van der Waals surface area contributed by atoms with E-state index in [0.29, 0.717) is 12.8 Å². The summed E-state index contributed by atoms with van der Waals surface area (Å²) in [6.45, 7) is 3.44. The van der Waals surface area contributed by atoms with Crippen molar-refractivity contribution in [1.29, 1.82) is 0 Å². The zero-order chi connectivity index (χ0) is 13.7. The molecule has 17 heavy (non-hydrogen) atoms. The van der Waals surface area contributed by atoms with Crippen LogP contribution < -0.4 is 0 Å². The van der Waals surface area contributed by atoms with Crippen LogP contribution in [0.2, 0.25) is 0 Å². The van der Waals surface area contributed by atoms with Gasteiger partial charge in [-0.25, -0.2) is 0 Å². The van der Waals surface area contributed by atoms with Gasteiger partial charge in [0, 0.05) is 5.41 Å². The summed E-state index contributed by atoms with van der Waals surface area (Å²) in [6.07, 6.45) is 3.17. The maximum atomic E-state index is 8.66. The molecule has 0 saturated heterocycles. The van der Waals surface area contributed by atoms with Crippen LogP contribution in [0.25, 0.3) is 0 Å². The van der Waals surface area contributed by atoms with Gasteiger partial charge in [0.2, 0.25) is 0 Å². The Balaban J connectivity index is 0. The van der Waals surface area contributed by atoms with Crippen molar-refractivity contribution in [2.45, 2.75) is 52.2 Å². The van der Waals surface area contributed by atoms with Crippen LogP contribution in [0.5, 0.6) is 0 Å². The SMILES string of the molecule is CCC(CO)(CO)CO.CCCCCC(O)O. The first-order valence-corrected chi connectivity index (χ1v) is 6.20. The topological polar surface area (TPSA) is 101 Å². The minimum atomic E-state index is -1.10. The summed E-state index contributed by atoms with van der Waals surface area (Å²) < 4.78 is 0. The Morgan fingerprint density at radius 1 is 0.882 bits per heavy atom. The highest BCUT2D eigenvalue weighted by Crippen LogP contribution is 2.18. The fraction of sp³-hybridized carbons (Fsp3) is 1.00. The monoisotopic (exact) mass is 252 g/mol. The second kappa shape index (κ2) is 12.3. The second-order valence-corrected chi connectivity index (χ2v) is 4.30. The van der Waals surface area contributed by atoms with Gasteiger partial charge in [-0.3, -0.25) is 0 Å². The van der Waals surface area contributed by atoms with E-state index in [1.165, 1.54) is 0 Å². The minimum Gasteiger partial charge on any atom is -0.396 e. The molecular formula is C12H28O5. The molecule has 0 aromatic carbocycles.